The zero-order valence-corrected chi connectivity index (χ0v) is 21.6. The van der Waals surface area contributed by atoms with E-state index in [4.69, 9.17) is 5.14 Å². The molecule has 1 aliphatic rings. The molecule has 0 spiro atoms. The number of aliphatic hydroxyl groups excluding tert-OH is 2. The number of carbonyl (C=O) groups excluding carboxylic acids is 1. The van der Waals surface area contributed by atoms with Gasteiger partial charge in [-0.15, -0.1) is 0 Å². The normalized spacial score (nSPS) is 21.3. The van der Waals surface area contributed by atoms with Crippen molar-refractivity contribution >= 4 is 32.7 Å². The molecule has 0 bridgehead atoms. The lowest BCUT2D eigenvalue weighted by Crippen LogP contribution is -2.36. The summed E-state index contributed by atoms with van der Waals surface area (Å²) in [6.07, 6.45) is 2.71. The number of nitrogens with zero attached hydrogens (tertiary/aromatic N) is 4. The van der Waals surface area contributed by atoms with Crippen LogP contribution < -0.4 is 10.5 Å². The maximum atomic E-state index is 13.3. The molecule has 1 fully saturated rings. The molecule has 5 N–H and O–H groups in total. The summed E-state index contributed by atoms with van der Waals surface area (Å²) in [6.45, 7) is 0.187. The van der Waals surface area contributed by atoms with Crippen LogP contribution in [0.2, 0.25) is 0 Å². The van der Waals surface area contributed by atoms with Gasteiger partial charge in [-0.3, -0.25) is 13.7 Å². The number of hydrogen-bond donors (Lipinski definition) is 4. The highest BCUT2D eigenvalue weighted by atomic mass is 32.2. The van der Waals surface area contributed by atoms with E-state index in [1.807, 2.05) is 18.2 Å². The molecule has 0 amide bonds. The Balaban J connectivity index is 1.27. The Morgan fingerprint density at radius 3 is 2.74 bits per heavy atom. The standard InChI is InChI=1S/C26H28N6O6S/c27-39(36,37)38-14-18-12-22(25(35)23(18)33)30-26-20(13-28-15-29-26)24(34)21-9-11-32(31-21)10-8-17-6-3-5-16-4-1-2-7-19(16)17/h1-7,9,11,13,15,18,22-23,25,33,35H,8,10,12,14H2,(H2,27,36,37)(H,28,29,30)/t18-,22-,23-,25+/m1/s1. The van der Waals surface area contributed by atoms with Gasteiger partial charge in [0, 0.05) is 24.9 Å². The minimum atomic E-state index is -4.19. The summed E-state index contributed by atoms with van der Waals surface area (Å²) < 4.78 is 28.5. The van der Waals surface area contributed by atoms with E-state index in [2.05, 4.69) is 48.8 Å². The fourth-order valence-corrected chi connectivity index (χ4v) is 5.26. The number of ketones is 1. The highest BCUT2D eigenvalue weighted by Crippen LogP contribution is 2.30. The van der Waals surface area contributed by atoms with Gasteiger partial charge in [0.15, 0.2) is 0 Å². The first-order chi connectivity index (χ1) is 18.7. The molecule has 0 aliphatic heterocycles. The van der Waals surface area contributed by atoms with Crippen LogP contribution in [-0.2, 0) is 27.5 Å². The third kappa shape index (κ3) is 6.13. The zero-order chi connectivity index (χ0) is 27.6. The number of aromatic nitrogens is 4. The number of nitrogens with two attached hydrogens (primary N) is 1. The predicted octanol–water partition coefficient (Wildman–Crippen LogP) is 1.04. The van der Waals surface area contributed by atoms with E-state index >= 15 is 0 Å². The summed E-state index contributed by atoms with van der Waals surface area (Å²) in [5, 5.41) is 35.5. The molecule has 0 radical (unpaired) electrons. The van der Waals surface area contributed by atoms with Crippen LogP contribution in [0.1, 0.15) is 28.0 Å². The van der Waals surface area contributed by atoms with Gasteiger partial charge >= 0.3 is 10.3 Å². The first kappa shape index (κ1) is 26.8. The quantitative estimate of drug-likeness (QED) is 0.207. The number of rotatable bonds is 10. The van der Waals surface area contributed by atoms with E-state index in [0.717, 1.165) is 6.42 Å². The lowest BCUT2D eigenvalue weighted by atomic mass is 10.0. The van der Waals surface area contributed by atoms with Gasteiger partial charge in [0.05, 0.1) is 24.3 Å². The van der Waals surface area contributed by atoms with E-state index in [1.54, 1.807) is 16.9 Å². The van der Waals surface area contributed by atoms with Crippen LogP contribution in [-0.4, -0.2) is 69.0 Å². The predicted molar refractivity (Wildman–Crippen MR) is 142 cm³/mol. The average Bonchev–Trinajstić information content (AvgIpc) is 3.51. The van der Waals surface area contributed by atoms with E-state index in [9.17, 15) is 23.4 Å². The van der Waals surface area contributed by atoms with Gasteiger partial charge in [-0.1, -0.05) is 42.5 Å². The van der Waals surface area contributed by atoms with Crippen molar-refractivity contribution in [2.24, 2.45) is 11.1 Å². The number of aliphatic hydroxyl groups is 2. The fraction of sp³-hybridized carbons (Fsp3) is 0.308. The summed E-state index contributed by atoms with van der Waals surface area (Å²) in [5.41, 5.74) is 1.53. The maximum absolute atomic E-state index is 13.3. The van der Waals surface area contributed by atoms with Gasteiger partial charge < -0.3 is 15.5 Å². The SMILES string of the molecule is NS(=O)(=O)OC[C@H]1C[C@@H](Nc2ncncc2C(=O)c2ccn(CCc3cccc4ccccc34)n2)[C@H](O)[C@@H]1O. The third-order valence-corrected chi connectivity index (χ3v) is 7.36. The van der Waals surface area contributed by atoms with Crippen molar-refractivity contribution in [1.29, 1.82) is 0 Å². The molecule has 13 heteroatoms. The second-order valence-electron chi connectivity index (χ2n) is 9.47. The van der Waals surface area contributed by atoms with Gasteiger partial charge in [0.25, 0.3) is 0 Å². The van der Waals surface area contributed by atoms with Crippen LogP contribution in [0.4, 0.5) is 5.82 Å². The molecule has 2 aromatic carbocycles. The Morgan fingerprint density at radius 1 is 1.13 bits per heavy atom. The number of nitrogens with one attached hydrogen (secondary N) is 1. The summed E-state index contributed by atoms with van der Waals surface area (Å²) in [7, 11) is -4.19. The first-order valence-corrected chi connectivity index (χ1v) is 13.8. The molecular weight excluding hydrogens is 524 g/mol. The van der Waals surface area contributed by atoms with Crippen LogP contribution >= 0.6 is 0 Å². The monoisotopic (exact) mass is 552 g/mol. The molecule has 0 saturated heterocycles. The second-order valence-corrected chi connectivity index (χ2v) is 10.7. The molecular formula is C26H28N6O6S. The van der Waals surface area contributed by atoms with Crippen molar-refractivity contribution in [1.82, 2.24) is 19.7 Å². The number of anilines is 1. The van der Waals surface area contributed by atoms with Crippen LogP contribution in [0.3, 0.4) is 0 Å². The minimum absolute atomic E-state index is 0.141. The topological polar surface area (TPSA) is 183 Å². The maximum Gasteiger partial charge on any atom is 0.333 e. The largest absolute Gasteiger partial charge is 0.390 e. The summed E-state index contributed by atoms with van der Waals surface area (Å²) in [4.78, 5) is 21.4. The Morgan fingerprint density at radius 2 is 1.92 bits per heavy atom. The molecule has 12 nitrogen and oxygen atoms in total. The van der Waals surface area contributed by atoms with Gasteiger partial charge in [-0.2, -0.15) is 13.5 Å². The van der Waals surface area contributed by atoms with Gasteiger partial charge in [0.2, 0.25) is 5.78 Å². The first-order valence-electron chi connectivity index (χ1n) is 12.3. The van der Waals surface area contributed by atoms with Crippen LogP contribution in [0.15, 0.2) is 67.3 Å². The van der Waals surface area contributed by atoms with Crippen LogP contribution in [0, 0.1) is 5.92 Å². The van der Waals surface area contributed by atoms with Crippen molar-refractivity contribution < 1.29 is 27.6 Å². The highest BCUT2D eigenvalue weighted by molar-refractivity contribution is 7.84. The summed E-state index contributed by atoms with van der Waals surface area (Å²) >= 11 is 0. The summed E-state index contributed by atoms with van der Waals surface area (Å²) in [6, 6.07) is 15.2. The second kappa shape index (κ2) is 11.2. The average molecular weight is 553 g/mol. The molecule has 204 valence electrons. The van der Waals surface area contributed by atoms with Gasteiger partial charge in [0.1, 0.15) is 23.9 Å². The zero-order valence-electron chi connectivity index (χ0n) is 20.8. The van der Waals surface area contributed by atoms with Crippen molar-refractivity contribution in [3.63, 3.8) is 0 Å². The minimum Gasteiger partial charge on any atom is -0.390 e. The third-order valence-electron chi connectivity index (χ3n) is 6.89. The Hall–Kier alpha value is -3.75. The van der Waals surface area contributed by atoms with E-state index in [1.165, 1.54) is 28.9 Å². The summed E-state index contributed by atoms with van der Waals surface area (Å²) in [5.74, 6) is -0.956. The van der Waals surface area contributed by atoms with Crippen molar-refractivity contribution in [2.45, 2.75) is 37.6 Å². The molecule has 39 heavy (non-hydrogen) atoms. The molecule has 2 heterocycles. The lowest BCUT2D eigenvalue weighted by Gasteiger charge is -2.19. The number of carbonyl (C=O) groups is 1. The molecule has 4 aromatic rings. The number of hydrogen-bond acceptors (Lipinski definition) is 10. The molecule has 2 aromatic heterocycles. The van der Waals surface area contributed by atoms with Crippen molar-refractivity contribution in [3.8, 4) is 0 Å². The Bertz CT molecular complexity index is 1590. The molecule has 4 atom stereocenters. The van der Waals surface area contributed by atoms with Crippen LogP contribution in [0.5, 0.6) is 0 Å². The Kier molecular flexibility index (Phi) is 7.68. The number of fused-ring (bicyclic) bond motifs is 1. The van der Waals surface area contributed by atoms with E-state index < -0.39 is 40.3 Å². The molecule has 1 aliphatic carbocycles. The Labute approximate surface area is 224 Å². The highest BCUT2D eigenvalue weighted by Gasteiger charge is 2.42. The lowest BCUT2D eigenvalue weighted by molar-refractivity contribution is 0.00778. The van der Waals surface area contributed by atoms with Gasteiger partial charge in [-0.25, -0.2) is 15.1 Å². The van der Waals surface area contributed by atoms with Crippen molar-refractivity contribution in [3.05, 3.63) is 84.1 Å². The van der Waals surface area contributed by atoms with E-state index in [-0.39, 0.29) is 30.1 Å². The number of aryl methyl sites for hydroxylation is 2. The van der Waals surface area contributed by atoms with E-state index in [0.29, 0.717) is 6.54 Å². The molecule has 0 unspecified atom stereocenters. The van der Waals surface area contributed by atoms with Gasteiger partial charge in [-0.05, 0) is 35.2 Å². The smallest absolute Gasteiger partial charge is 0.333 e. The fourth-order valence-electron chi connectivity index (χ4n) is 4.89. The van der Waals surface area contributed by atoms with Crippen molar-refractivity contribution in [2.75, 3.05) is 11.9 Å². The number of benzene rings is 2. The molecule has 1 saturated carbocycles. The molecule has 5 rings (SSSR count). The van der Waals surface area contributed by atoms with Crippen LogP contribution in [0.25, 0.3) is 10.8 Å².